The van der Waals surface area contributed by atoms with Crippen molar-refractivity contribution in [3.63, 3.8) is 0 Å². The van der Waals surface area contributed by atoms with E-state index in [0.717, 1.165) is 18.5 Å². The maximum Gasteiger partial charge on any atom is 0.0250 e. The van der Waals surface area contributed by atoms with Gasteiger partial charge in [-0.1, -0.05) is 27.2 Å². The van der Waals surface area contributed by atoms with E-state index in [1.54, 1.807) is 0 Å². The van der Waals surface area contributed by atoms with Gasteiger partial charge >= 0.3 is 0 Å². The van der Waals surface area contributed by atoms with Crippen molar-refractivity contribution in [2.24, 2.45) is 5.73 Å². The van der Waals surface area contributed by atoms with Gasteiger partial charge in [-0.05, 0) is 39.0 Å². The third-order valence-electron chi connectivity index (χ3n) is 4.24. The number of likely N-dealkylation sites (tertiary alicyclic amines) is 1. The Kier molecular flexibility index (Phi) is 5.77. The summed E-state index contributed by atoms with van der Waals surface area (Å²) in [4.78, 5) is 2.72. The fraction of sp³-hybridized carbons (Fsp3) is 1.00. The van der Waals surface area contributed by atoms with Gasteiger partial charge in [0.25, 0.3) is 0 Å². The minimum atomic E-state index is 0.365. The molecule has 2 N–H and O–H groups in total. The summed E-state index contributed by atoms with van der Waals surface area (Å²) in [6.45, 7) is 9.21. The maximum atomic E-state index is 6.36. The van der Waals surface area contributed by atoms with Crippen LogP contribution in [0.3, 0.4) is 0 Å². The van der Waals surface area contributed by atoms with Crippen molar-refractivity contribution in [1.29, 1.82) is 0 Å². The second-order valence-corrected chi connectivity index (χ2v) is 5.36. The standard InChI is InChI=1S/C14H30N2/c1-5-8-13(15)14(7-3)16-11(4)9-10-12(16)6-2/h11-14H,5-10,15H2,1-4H3. The van der Waals surface area contributed by atoms with Gasteiger partial charge in [-0.2, -0.15) is 0 Å². The zero-order valence-electron chi connectivity index (χ0n) is 11.6. The third kappa shape index (κ3) is 2.98. The highest BCUT2D eigenvalue weighted by molar-refractivity contribution is 4.92. The Labute approximate surface area is 102 Å². The number of rotatable bonds is 6. The molecule has 0 amide bonds. The molecule has 96 valence electrons. The van der Waals surface area contributed by atoms with Crippen molar-refractivity contribution in [2.75, 3.05) is 0 Å². The summed E-state index contributed by atoms with van der Waals surface area (Å²) < 4.78 is 0. The van der Waals surface area contributed by atoms with Crippen molar-refractivity contribution in [3.05, 3.63) is 0 Å². The average molecular weight is 226 g/mol. The molecule has 4 unspecified atom stereocenters. The van der Waals surface area contributed by atoms with Crippen LogP contribution in [0.1, 0.15) is 66.2 Å². The van der Waals surface area contributed by atoms with Gasteiger partial charge in [-0.3, -0.25) is 4.90 Å². The molecule has 2 nitrogen and oxygen atoms in total. The van der Waals surface area contributed by atoms with Gasteiger partial charge in [-0.15, -0.1) is 0 Å². The van der Waals surface area contributed by atoms with Crippen LogP contribution >= 0.6 is 0 Å². The van der Waals surface area contributed by atoms with Crippen LogP contribution in [0.15, 0.2) is 0 Å². The second kappa shape index (κ2) is 6.61. The molecule has 0 spiro atoms. The monoisotopic (exact) mass is 226 g/mol. The van der Waals surface area contributed by atoms with Crippen LogP contribution in [0.2, 0.25) is 0 Å². The zero-order chi connectivity index (χ0) is 12.1. The minimum Gasteiger partial charge on any atom is -0.326 e. The molecular formula is C14H30N2. The summed E-state index contributed by atoms with van der Waals surface area (Å²) in [6.07, 6.45) is 7.57. The van der Waals surface area contributed by atoms with E-state index in [2.05, 4.69) is 32.6 Å². The van der Waals surface area contributed by atoms with Gasteiger partial charge in [0.15, 0.2) is 0 Å². The van der Waals surface area contributed by atoms with E-state index in [1.807, 2.05) is 0 Å². The normalized spacial score (nSPS) is 30.6. The molecule has 1 saturated heterocycles. The van der Waals surface area contributed by atoms with Crippen LogP contribution in [0, 0.1) is 0 Å². The molecule has 1 aliphatic heterocycles. The Hall–Kier alpha value is -0.0800. The number of nitrogens with zero attached hydrogens (tertiary/aromatic N) is 1. The minimum absolute atomic E-state index is 0.365. The van der Waals surface area contributed by atoms with E-state index in [0.29, 0.717) is 12.1 Å². The van der Waals surface area contributed by atoms with Crippen LogP contribution in [0.5, 0.6) is 0 Å². The molecular weight excluding hydrogens is 196 g/mol. The van der Waals surface area contributed by atoms with Crippen LogP contribution in [0.4, 0.5) is 0 Å². The first-order valence-corrected chi connectivity index (χ1v) is 7.18. The molecule has 1 heterocycles. The molecule has 0 aromatic carbocycles. The molecule has 0 radical (unpaired) electrons. The molecule has 1 fully saturated rings. The molecule has 1 aliphatic rings. The quantitative estimate of drug-likeness (QED) is 0.754. The Morgan fingerprint density at radius 1 is 1.25 bits per heavy atom. The molecule has 2 heteroatoms. The van der Waals surface area contributed by atoms with E-state index >= 15 is 0 Å². The number of hydrogen-bond acceptors (Lipinski definition) is 2. The van der Waals surface area contributed by atoms with Crippen LogP contribution in [0.25, 0.3) is 0 Å². The van der Waals surface area contributed by atoms with Crippen LogP contribution < -0.4 is 5.73 Å². The predicted octanol–water partition coefficient (Wildman–Crippen LogP) is 3.16. The highest BCUT2D eigenvalue weighted by Gasteiger charge is 2.35. The van der Waals surface area contributed by atoms with Crippen molar-refractivity contribution in [2.45, 2.75) is 90.4 Å². The van der Waals surface area contributed by atoms with Gasteiger partial charge in [0.1, 0.15) is 0 Å². The second-order valence-electron chi connectivity index (χ2n) is 5.36. The van der Waals surface area contributed by atoms with Crippen molar-refractivity contribution < 1.29 is 0 Å². The Morgan fingerprint density at radius 2 is 1.94 bits per heavy atom. The fourth-order valence-corrected chi connectivity index (χ4v) is 3.36. The summed E-state index contributed by atoms with van der Waals surface area (Å²) in [6, 6.07) is 2.48. The molecule has 0 bridgehead atoms. The first-order valence-electron chi connectivity index (χ1n) is 7.18. The zero-order valence-corrected chi connectivity index (χ0v) is 11.6. The van der Waals surface area contributed by atoms with Crippen LogP contribution in [-0.4, -0.2) is 29.1 Å². The first-order chi connectivity index (χ1) is 7.65. The van der Waals surface area contributed by atoms with E-state index in [-0.39, 0.29) is 0 Å². The van der Waals surface area contributed by atoms with Gasteiger partial charge in [0.2, 0.25) is 0 Å². The molecule has 4 atom stereocenters. The summed E-state index contributed by atoms with van der Waals surface area (Å²) in [5.74, 6) is 0. The molecule has 16 heavy (non-hydrogen) atoms. The molecule has 0 aromatic heterocycles. The predicted molar refractivity (Wildman–Crippen MR) is 71.6 cm³/mol. The fourth-order valence-electron chi connectivity index (χ4n) is 3.36. The van der Waals surface area contributed by atoms with E-state index in [9.17, 15) is 0 Å². The number of hydrogen-bond donors (Lipinski definition) is 1. The van der Waals surface area contributed by atoms with Crippen LogP contribution in [-0.2, 0) is 0 Å². The van der Waals surface area contributed by atoms with E-state index in [4.69, 9.17) is 5.73 Å². The lowest BCUT2D eigenvalue weighted by Gasteiger charge is -2.39. The van der Waals surface area contributed by atoms with Crippen molar-refractivity contribution in [3.8, 4) is 0 Å². The van der Waals surface area contributed by atoms with E-state index in [1.165, 1.54) is 32.1 Å². The van der Waals surface area contributed by atoms with Crippen molar-refractivity contribution >= 4 is 0 Å². The summed E-state index contributed by atoms with van der Waals surface area (Å²) in [7, 11) is 0. The Balaban J connectivity index is 2.69. The van der Waals surface area contributed by atoms with E-state index < -0.39 is 0 Å². The molecule has 0 aromatic rings. The molecule has 0 saturated carbocycles. The SMILES string of the molecule is CCCC(N)C(CC)N1C(C)CCC1CC. The Morgan fingerprint density at radius 3 is 2.44 bits per heavy atom. The molecule has 1 rings (SSSR count). The topological polar surface area (TPSA) is 29.3 Å². The van der Waals surface area contributed by atoms with Gasteiger partial charge < -0.3 is 5.73 Å². The number of nitrogens with two attached hydrogens (primary N) is 1. The first kappa shape index (κ1) is 14.0. The Bertz CT molecular complexity index is 193. The maximum absolute atomic E-state index is 6.36. The lowest BCUT2D eigenvalue weighted by atomic mass is 9.98. The lowest BCUT2D eigenvalue weighted by molar-refractivity contribution is 0.107. The van der Waals surface area contributed by atoms with Gasteiger partial charge in [-0.25, -0.2) is 0 Å². The highest BCUT2D eigenvalue weighted by atomic mass is 15.2. The molecule has 0 aliphatic carbocycles. The summed E-state index contributed by atoms with van der Waals surface area (Å²) in [5.41, 5.74) is 6.36. The third-order valence-corrected chi connectivity index (χ3v) is 4.24. The highest BCUT2D eigenvalue weighted by Crippen LogP contribution is 2.30. The van der Waals surface area contributed by atoms with Crippen molar-refractivity contribution in [1.82, 2.24) is 4.90 Å². The largest absolute Gasteiger partial charge is 0.326 e. The smallest absolute Gasteiger partial charge is 0.0250 e. The van der Waals surface area contributed by atoms with Gasteiger partial charge in [0.05, 0.1) is 0 Å². The lowest BCUT2D eigenvalue weighted by Crippen LogP contribution is -2.51. The summed E-state index contributed by atoms with van der Waals surface area (Å²) in [5, 5.41) is 0. The van der Waals surface area contributed by atoms with Gasteiger partial charge in [0, 0.05) is 24.2 Å². The average Bonchev–Trinajstić information content (AvgIpc) is 2.62. The summed E-state index contributed by atoms with van der Waals surface area (Å²) >= 11 is 0.